The van der Waals surface area contributed by atoms with E-state index in [9.17, 15) is 18.4 Å². The summed E-state index contributed by atoms with van der Waals surface area (Å²) in [5.74, 6) is -0.0646. The maximum atomic E-state index is 13.7. The molecule has 1 aromatic rings. The molecule has 1 aliphatic heterocycles. The molecular weight excluding hydrogens is 506 g/mol. The number of hydrogen-bond donors (Lipinski definition) is 3. The summed E-state index contributed by atoms with van der Waals surface area (Å²) >= 11 is 6.25. The lowest BCUT2D eigenvalue weighted by atomic mass is 9.88. The molecule has 2 unspecified atom stereocenters. The summed E-state index contributed by atoms with van der Waals surface area (Å²) in [7, 11) is 3.10. The Kier molecular flexibility index (Phi) is 11.7. The van der Waals surface area contributed by atoms with E-state index in [4.69, 9.17) is 16.3 Å². The Morgan fingerprint density at radius 3 is 2.68 bits per heavy atom. The van der Waals surface area contributed by atoms with Gasteiger partial charge in [0, 0.05) is 43.2 Å². The Morgan fingerprint density at radius 1 is 1.24 bits per heavy atom. The van der Waals surface area contributed by atoms with E-state index in [2.05, 4.69) is 20.7 Å². The highest BCUT2D eigenvalue weighted by Crippen LogP contribution is 2.35. The number of nitrogens with one attached hydrogen (secondary N) is 3. The summed E-state index contributed by atoms with van der Waals surface area (Å²) in [5.41, 5.74) is 0.911. The average molecular weight is 545 g/mol. The number of methoxy groups -OCH3 is 1. The van der Waals surface area contributed by atoms with Gasteiger partial charge in [-0.1, -0.05) is 23.7 Å². The standard InChI is InChI=1S/C26H39ClF2N4O4/c1-30-15-21(11-17-12-22(28)23(29)13-17)32-25(34)33-9-4-6-19(16-33)24(18-5-3-7-20(27)14-18)37-10-8-31-26(35)36-2/h3,5,7,14,17,19,21-24,30H,4,6,8-13,15-16H2,1-2H3,(H,31,35)(H,32,34)/t17?,19-,21?,22-,23+,24+/m1/s1. The van der Waals surface area contributed by atoms with Crippen LogP contribution in [0.4, 0.5) is 18.4 Å². The minimum atomic E-state index is -1.41. The number of nitrogens with zero attached hydrogens (tertiary/aromatic N) is 1. The molecule has 3 amide bonds. The van der Waals surface area contributed by atoms with Crippen molar-refractivity contribution >= 4 is 23.7 Å². The molecule has 0 bridgehead atoms. The van der Waals surface area contributed by atoms with Crippen LogP contribution in [0.5, 0.6) is 0 Å². The zero-order valence-electron chi connectivity index (χ0n) is 21.6. The van der Waals surface area contributed by atoms with Gasteiger partial charge in [0.1, 0.15) is 12.3 Å². The number of rotatable bonds is 11. The Hall–Kier alpha value is -2.17. The fraction of sp³-hybridized carbons (Fsp3) is 0.692. The SMILES string of the molecule is CNCC(CC1C[C@@H](F)[C@@H](F)C1)NC(=O)N1CCC[C@@H]([C@@H](OCCNC(=O)OC)c2cccc(Cl)c2)C1. The normalized spacial score (nSPS) is 25.4. The summed E-state index contributed by atoms with van der Waals surface area (Å²) in [6, 6.07) is 7.07. The molecule has 6 atom stereocenters. The fourth-order valence-electron chi connectivity index (χ4n) is 5.37. The van der Waals surface area contributed by atoms with Gasteiger partial charge in [-0.05, 0) is 62.8 Å². The van der Waals surface area contributed by atoms with Crippen LogP contribution in [-0.2, 0) is 9.47 Å². The molecule has 0 spiro atoms. The van der Waals surface area contributed by atoms with Crippen molar-refractivity contribution in [1.29, 1.82) is 0 Å². The molecule has 2 aliphatic rings. The van der Waals surface area contributed by atoms with Gasteiger partial charge in [0.05, 0.1) is 19.8 Å². The van der Waals surface area contributed by atoms with Crippen molar-refractivity contribution in [3.63, 3.8) is 0 Å². The summed E-state index contributed by atoms with van der Waals surface area (Å²) in [6.45, 7) is 2.18. The topological polar surface area (TPSA) is 91.9 Å². The molecule has 208 valence electrons. The van der Waals surface area contributed by atoms with Crippen LogP contribution in [0.15, 0.2) is 24.3 Å². The molecule has 0 aromatic heterocycles. The molecule has 0 radical (unpaired) electrons. The second kappa shape index (κ2) is 14.7. The largest absolute Gasteiger partial charge is 0.453 e. The van der Waals surface area contributed by atoms with Crippen molar-refractivity contribution < 1.29 is 27.8 Å². The Labute approximate surface area is 222 Å². The molecular formula is C26H39ClF2N4O4. The third-order valence-corrected chi connectivity index (χ3v) is 7.35. The minimum Gasteiger partial charge on any atom is -0.453 e. The number of amides is 3. The molecule has 3 N–H and O–H groups in total. The molecule has 1 aromatic carbocycles. The van der Waals surface area contributed by atoms with Crippen molar-refractivity contribution in [2.75, 3.05) is 46.9 Å². The lowest BCUT2D eigenvalue weighted by Gasteiger charge is -2.38. The summed E-state index contributed by atoms with van der Waals surface area (Å²) < 4.78 is 38.2. The highest BCUT2D eigenvalue weighted by atomic mass is 35.5. The van der Waals surface area contributed by atoms with Crippen LogP contribution in [0, 0.1) is 11.8 Å². The molecule has 1 aliphatic carbocycles. The number of benzene rings is 1. The van der Waals surface area contributed by atoms with E-state index >= 15 is 0 Å². The van der Waals surface area contributed by atoms with E-state index in [1.807, 2.05) is 18.2 Å². The second-order valence-corrected chi connectivity index (χ2v) is 10.4. The highest BCUT2D eigenvalue weighted by molar-refractivity contribution is 6.30. The van der Waals surface area contributed by atoms with Crippen molar-refractivity contribution in [2.24, 2.45) is 11.8 Å². The molecule has 8 nitrogen and oxygen atoms in total. The molecule has 1 heterocycles. The number of carbonyl (C=O) groups excluding carboxylic acids is 2. The number of carbonyl (C=O) groups is 2. The zero-order chi connectivity index (χ0) is 26.8. The van der Waals surface area contributed by atoms with Crippen LogP contribution >= 0.6 is 11.6 Å². The maximum absolute atomic E-state index is 13.7. The van der Waals surface area contributed by atoms with E-state index in [0.717, 1.165) is 18.4 Å². The van der Waals surface area contributed by atoms with Crippen LogP contribution in [0.1, 0.15) is 43.8 Å². The van der Waals surface area contributed by atoms with Gasteiger partial charge in [-0.15, -0.1) is 0 Å². The van der Waals surface area contributed by atoms with Gasteiger partial charge >= 0.3 is 12.1 Å². The Morgan fingerprint density at radius 2 is 2.00 bits per heavy atom. The van der Waals surface area contributed by atoms with E-state index in [-0.39, 0.29) is 56.0 Å². The van der Waals surface area contributed by atoms with E-state index in [0.29, 0.717) is 31.1 Å². The number of alkyl carbamates (subject to hydrolysis) is 1. The quantitative estimate of drug-likeness (QED) is 0.362. The van der Waals surface area contributed by atoms with Crippen LogP contribution < -0.4 is 16.0 Å². The van der Waals surface area contributed by atoms with Gasteiger partial charge in [0.2, 0.25) is 0 Å². The summed E-state index contributed by atoms with van der Waals surface area (Å²) in [5, 5.41) is 9.36. The summed E-state index contributed by atoms with van der Waals surface area (Å²) in [6.07, 6.45) is -1.06. The third kappa shape index (κ3) is 8.97. The first-order valence-electron chi connectivity index (χ1n) is 13.0. The maximum Gasteiger partial charge on any atom is 0.406 e. The fourth-order valence-corrected chi connectivity index (χ4v) is 5.57. The number of piperidine rings is 1. The third-order valence-electron chi connectivity index (χ3n) is 7.11. The van der Waals surface area contributed by atoms with Crippen molar-refractivity contribution in [2.45, 2.75) is 56.6 Å². The number of likely N-dealkylation sites (tertiary alicyclic amines) is 1. The molecule has 3 rings (SSSR count). The first-order valence-corrected chi connectivity index (χ1v) is 13.4. The zero-order valence-corrected chi connectivity index (χ0v) is 22.3. The minimum absolute atomic E-state index is 0.0215. The molecule has 2 fully saturated rings. The lowest BCUT2D eigenvalue weighted by molar-refractivity contribution is -0.00864. The second-order valence-electron chi connectivity index (χ2n) is 9.92. The monoisotopic (exact) mass is 544 g/mol. The molecule has 37 heavy (non-hydrogen) atoms. The van der Waals surface area contributed by atoms with Crippen LogP contribution in [0.25, 0.3) is 0 Å². The van der Waals surface area contributed by atoms with Crippen LogP contribution in [0.2, 0.25) is 5.02 Å². The Bertz CT molecular complexity index is 873. The van der Waals surface area contributed by atoms with Crippen molar-refractivity contribution in [3.8, 4) is 0 Å². The highest BCUT2D eigenvalue weighted by Gasteiger charge is 2.36. The number of urea groups is 1. The van der Waals surface area contributed by atoms with E-state index in [1.54, 1.807) is 18.0 Å². The first-order chi connectivity index (χ1) is 17.8. The Balaban J connectivity index is 1.62. The number of likely N-dealkylation sites (N-methyl/N-ethyl adjacent to an activating group) is 1. The van der Waals surface area contributed by atoms with Gasteiger partial charge in [-0.25, -0.2) is 18.4 Å². The van der Waals surface area contributed by atoms with E-state index < -0.39 is 18.4 Å². The van der Waals surface area contributed by atoms with Gasteiger partial charge in [0.15, 0.2) is 0 Å². The van der Waals surface area contributed by atoms with Gasteiger partial charge < -0.3 is 30.3 Å². The van der Waals surface area contributed by atoms with Crippen LogP contribution in [-0.4, -0.2) is 82.4 Å². The molecule has 1 saturated heterocycles. The van der Waals surface area contributed by atoms with E-state index in [1.165, 1.54) is 7.11 Å². The number of ether oxygens (including phenoxy) is 2. The smallest absolute Gasteiger partial charge is 0.406 e. The van der Waals surface area contributed by atoms with Gasteiger partial charge in [-0.2, -0.15) is 0 Å². The predicted molar refractivity (Wildman–Crippen MR) is 138 cm³/mol. The predicted octanol–water partition coefficient (Wildman–Crippen LogP) is 4.24. The van der Waals surface area contributed by atoms with Crippen LogP contribution in [0.3, 0.4) is 0 Å². The summed E-state index contributed by atoms with van der Waals surface area (Å²) in [4.78, 5) is 26.4. The van der Waals surface area contributed by atoms with Crippen molar-refractivity contribution in [1.82, 2.24) is 20.9 Å². The van der Waals surface area contributed by atoms with Crippen molar-refractivity contribution in [3.05, 3.63) is 34.9 Å². The average Bonchev–Trinajstić information content (AvgIpc) is 3.20. The number of alkyl halides is 2. The van der Waals surface area contributed by atoms with Gasteiger partial charge in [0.25, 0.3) is 0 Å². The lowest BCUT2D eigenvalue weighted by Crippen LogP contribution is -2.51. The first kappa shape index (κ1) is 29.4. The molecule has 1 saturated carbocycles. The number of halogens is 3. The number of hydrogen-bond acceptors (Lipinski definition) is 5. The van der Waals surface area contributed by atoms with Gasteiger partial charge in [-0.3, -0.25) is 0 Å². The molecule has 11 heteroatoms.